The largest absolute Gasteiger partial charge is 0.441 e. The van der Waals surface area contributed by atoms with Gasteiger partial charge in [-0.25, -0.2) is 14.2 Å². The molecular formula is C20H22FN5O2S. The van der Waals surface area contributed by atoms with Crippen LogP contribution in [0.15, 0.2) is 24.4 Å². The molecule has 0 atom stereocenters. The first-order chi connectivity index (χ1) is 14.0. The zero-order valence-electron chi connectivity index (χ0n) is 16.1. The van der Waals surface area contributed by atoms with Gasteiger partial charge in [-0.3, -0.25) is 0 Å². The third kappa shape index (κ3) is 3.04. The number of carbonyl (C=O) groups excluding carboxylic acids is 1. The molecule has 152 valence electrons. The van der Waals surface area contributed by atoms with Crippen LogP contribution in [0.5, 0.6) is 0 Å². The summed E-state index contributed by atoms with van der Waals surface area (Å²) in [6, 6.07) is 6.18. The van der Waals surface area contributed by atoms with Crippen LogP contribution in [-0.2, 0) is 10.5 Å². The van der Waals surface area contributed by atoms with Crippen molar-refractivity contribution in [3.63, 3.8) is 0 Å². The number of benzene rings is 1. The van der Waals surface area contributed by atoms with Crippen LogP contribution in [0.25, 0.3) is 11.1 Å². The third-order valence-electron chi connectivity index (χ3n) is 6.02. The van der Waals surface area contributed by atoms with E-state index in [2.05, 4.69) is 26.7 Å². The average Bonchev–Trinajstić information content (AvgIpc) is 3.27. The van der Waals surface area contributed by atoms with Crippen molar-refractivity contribution in [1.82, 2.24) is 10.3 Å². The highest BCUT2D eigenvalue weighted by Gasteiger charge is 2.43. The molecule has 7 nitrogen and oxygen atoms in total. The molecule has 2 fully saturated rings. The Labute approximate surface area is 172 Å². The minimum atomic E-state index is -0.494. The molecule has 3 aliphatic rings. The lowest BCUT2D eigenvalue weighted by atomic mass is 9.90. The van der Waals surface area contributed by atoms with E-state index < -0.39 is 11.4 Å². The zero-order chi connectivity index (χ0) is 20.2. The van der Waals surface area contributed by atoms with Gasteiger partial charge in [0.1, 0.15) is 5.60 Å². The summed E-state index contributed by atoms with van der Waals surface area (Å²) in [7, 11) is 2.04. The predicted octanol–water partition coefficient (Wildman–Crippen LogP) is 3.15. The van der Waals surface area contributed by atoms with Gasteiger partial charge in [0.2, 0.25) is 0 Å². The highest BCUT2D eigenvalue weighted by atomic mass is 32.2. The lowest BCUT2D eigenvalue weighted by Gasteiger charge is -2.39. The number of rotatable bonds is 2. The number of fused-ring (bicyclic) bond motifs is 1. The Morgan fingerprint density at radius 1 is 1.34 bits per heavy atom. The highest BCUT2D eigenvalue weighted by molar-refractivity contribution is 8.00. The number of hydrogen-bond acceptors (Lipinski definition) is 7. The number of nitrogens with one attached hydrogen (secondary N) is 1. The van der Waals surface area contributed by atoms with Gasteiger partial charge in [0, 0.05) is 50.5 Å². The molecule has 2 aromatic rings. The van der Waals surface area contributed by atoms with Crippen LogP contribution in [0.1, 0.15) is 18.4 Å². The fourth-order valence-corrected chi connectivity index (χ4v) is 5.22. The molecular weight excluding hydrogens is 393 g/mol. The number of ether oxygens (including phenoxy) is 1. The summed E-state index contributed by atoms with van der Waals surface area (Å²) < 4.78 is 22.8. The predicted molar refractivity (Wildman–Crippen MR) is 112 cm³/mol. The first-order valence-corrected chi connectivity index (χ1v) is 10.6. The number of hydrogen-bond donors (Lipinski definition) is 2. The van der Waals surface area contributed by atoms with E-state index in [0.717, 1.165) is 16.9 Å². The fraction of sp³-hybridized carbons (Fsp3) is 0.400. The Kier molecular flexibility index (Phi) is 4.23. The van der Waals surface area contributed by atoms with Gasteiger partial charge in [0.25, 0.3) is 0 Å². The van der Waals surface area contributed by atoms with Crippen molar-refractivity contribution in [1.29, 1.82) is 0 Å². The van der Waals surface area contributed by atoms with Crippen molar-refractivity contribution in [3.05, 3.63) is 35.8 Å². The lowest BCUT2D eigenvalue weighted by molar-refractivity contribution is 0.0366. The number of amides is 1. The molecule has 3 aliphatic heterocycles. The Morgan fingerprint density at radius 2 is 2.14 bits per heavy atom. The van der Waals surface area contributed by atoms with Crippen LogP contribution in [-0.4, -0.2) is 43.4 Å². The molecule has 9 heteroatoms. The summed E-state index contributed by atoms with van der Waals surface area (Å²) in [6.07, 6.45) is 2.55. The molecule has 1 aromatic carbocycles. The van der Waals surface area contributed by atoms with Crippen molar-refractivity contribution < 1.29 is 13.9 Å². The number of nitrogen functional groups attached to an aromatic ring is 1. The smallest absolute Gasteiger partial charge is 0.407 e. The number of nitrogens with two attached hydrogens (primary N) is 1. The second-order valence-corrected chi connectivity index (χ2v) is 8.84. The van der Waals surface area contributed by atoms with Gasteiger partial charge < -0.3 is 25.0 Å². The molecule has 0 radical (unpaired) electrons. The monoisotopic (exact) mass is 415 g/mol. The zero-order valence-corrected chi connectivity index (χ0v) is 16.9. The second kappa shape index (κ2) is 6.69. The van der Waals surface area contributed by atoms with Gasteiger partial charge in [0.05, 0.1) is 17.9 Å². The molecule has 0 aliphatic carbocycles. The van der Waals surface area contributed by atoms with Crippen molar-refractivity contribution in [2.75, 3.05) is 41.6 Å². The maximum Gasteiger partial charge on any atom is 0.407 e. The number of piperidine rings is 1. The first kappa shape index (κ1) is 18.4. The number of carbonyl (C=O) groups is 1. The molecule has 1 aromatic heterocycles. The van der Waals surface area contributed by atoms with E-state index in [9.17, 15) is 4.79 Å². The first-order valence-electron chi connectivity index (χ1n) is 9.61. The van der Waals surface area contributed by atoms with Crippen molar-refractivity contribution in [2.24, 2.45) is 0 Å². The Balaban J connectivity index is 1.49. The van der Waals surface area contributed by atoms with Gasteiger partial charge in [-0.05, 0) is 35.2 Å². The fourth-order valence-electron chi connectivity index (χ4n) is 4.34. The van der Waals surface area contributed by atoms with E-state index in [1.165, 1.54) is 11.3 Å². The Morgan fingerprint density at radius 3 is 2.86 bits per heavy atom. The van der Waals surface area contributed by atoms with E-state index in [4.69, 9.17) is 10.5 Å². The number of aromatic nitrogens is 1. The van der Waals surface area contributed by atoms with E-state index in [0.29, 0.717) is 38.2 Å². The molecule has 1 amide bonds. The SMILES string of the molecule is CN1SCc2cc(-c3cnc(N)c(F)c3N3CCC4(CC3)CNC(=O)O4)ccc21. The van der Waals surface area contributed by atoms with Gasteiger partial charge in [-0.1, -0.05) is 6.07 Å². The normalized spacial score (nSPS) is 20.0. The standard InChI is InChI=1S/C20H22FN5O2S/c1-25-15-3-2-12(8-13(15)10-29-25)14-9-23-18(22)16(21)17(14)26-6-4-20(5-7-26)11-24-19(27)28-20/h2-3,8-9H,4-7,10-11H2,1H3,(H2,22,23)(H,24,27). The summed E-state index contributed by atoms with van der Waals surface area (Å²) in [5.41, 5.74) is 9.86. The number of anilines is 3. The summed E-state index contributed by atoms with van der Waals surface area (Å²) >= 11 is 1.74. The van der Waals surface area contributed by atoms with Crippen LogP contribution in [0.2, 0.25) is 0 Å². The number of halogens is 1. The molecule has 29 heavy (non-hydrogen) atoms. The van der Waals surface area contributed by atoms with E-state index >= 15 is 4.39 Å². The molecule has 3 N–H and O–H groups in total. The third-order valence-corrected chi connectivity index (χ3v) is 7.04. The average molecular weight is 415 g/mol. The minimum Gasteiger partial charge on any atom is -0.441 e. The molecule has 0 bridgehead atoms. The van der Waals surface area contributed by atoms with Crippen LogP contribution in [0, 0.1) is 5.82 Å². The summed E-state index contributed by atoms with van der Waals surface area (Å²) in [5.74, 6) is 0.297. The Hall–Kier alpha value is -2.68. The molecule has 2 saturated heterocycles. The number of nitrogens with zero attached hydrogens (tertiary/aromatic N) is 3. The van der Waals surface area contributed by atoms with Gasteiger partial charge in [-0.2, -0.15) is 0 Å². The van der Waals surface area contributed by atoms with Gasteiger partial charge in [-0.15, -0.1) is 0 Å². The minimum absolute atomic E-state index is 0.102. The van der Waals surface area contributed by atoms with Crippen LogP contribution in [0.3, 0.4) is 0 Å². The quantitative estimate of drug-likeness (QED) is 0.729. The van der Waals surface area contributed by atoms with Crippen molar-refractivity contribution in [2.45, 2.75) is 24.2 Å². The summed E-state index contributed by atoms with van der Waals surface area (Å²) in [5, 5.41) is 2.73. The maximum atomic E-state index is 15.2. The summed E-state index contributed by atoms with van der Waals surface area (Å²) in [4.78, 5) is 17.6. The molecule has 1 spiro atoms. The van der Waals surface area contributed by atoms with Crippen LogP contribution in [0.4, 0.5) is 26.4 Å². The number of pyridine rings is 1. The molecule has 5 rings (SSSR count). The van der Waals surface area contributed by atoms with E-state index in [1.807, 2.05) is 18.0 Å². The number of alkyl carbamates (subject to hydrolysis) is 1. The highest BCUT2D eigenvalue weighted by Crippen LogP contribution is 2.42. The lowest BCUT2D eigenvalue weighted by Crippen LogP contribution is -2.47. The van der Waals surface area contributed by atoms with Gasteiger partial charge in [0.15, 0.2) is 11.6 Å². The molecule has 4 heterocycles. The van der Waals surface area contributed by atoms with Crippen molar-refractivity contribution >= 4 is 35.2 Å². The van der Waals surface area contributed by atoms with Crippen LogP contribution >= 0.6 is 11.9 Å². The Bertz CT molecular complexity index is 993. The van der Waals surface area contributed by atoms with E-state index in [1.54, 1.807) is 18.1 Å². The second-order valence-electron chi connectivity index (χ2n) is 7.75. The van der Waals surface area contributed by atoms with Crippen molar-refractivity contribution in [3.8, 4) is 11.1 Å². The van der Waals surface area contributed by atoms with Crippen LogP contribution < -0.4 is 20.3 Å². The molecule has 0 saturated carbocycles. The van der Waals surface area contributed by atoms with Gasteiger partial charge >= 0.3 is 6.09 Å². The summed E-state index contributed by atoms with van der Waals surface area (Å²) in [6.45, 7) is 1.65. The topological polar surface area (TPSA) is 83.7 Å². The maximum absolute atomic E-state index is 15.2. The molecule has 0 unspecified atom stereocenters. The van der Waals surface area contributed by atoms with E-state index in [-0.39, 0.29) is 11.9 Å².